The van der Waals surface area contributed by atoms with E-state index in [1.54, 1.807) is 6.07 Å². The number of fused-ring (bicyclic) bond motifs is 1. The summed E-state index contributed by atoms with van der Waals surface area (Å²) in [6, 6.07) is 3.58. The number of carbonyl (C=O) groups is 2. The smallest absolute Gasteiger partial charge is 0.315 e. The number of esters is 1. The van der Waals surface area contributed by atoms with Crippen LogP contribution in [0.1, 0.15) is 79.9 Å². The van der Waals surface area contributed by atoms with E-state index in [0.717, 1.165) is 43.4 Å². The van der Waals surface area contributed by atoms with E-state index in [-0.39, 0.29) is 29.5 Å². The molecular weight excluding hydrogens is 366 g/mol. The molecule has 3 rings (SSSR count). The summed E-state index contributed by atoms with van der Waals surface area (Å²) in [4.78, 5) is 25.8. The average molecular weight is 392 g/mol. The van der Waals surface area contributed by atoms with Gasteiger partial charge in [0, 0.05) is 12.2 Å². The third-order valence-electron chi connectivity index (χ3n) is 4.91. The van der Waals surface area contributed by atoms with Gasteiger partial charge in [-0.25, -0.2) is 0 Å². The summed E-state index contributed by atoms with van der Waals surface area (Å²) in [5.74, 6) is -0.627. The van der Waals surface area contributed by atoms with E-state index in [1.165, 1.54) is 6.26 Å². The van der Waals surface area contributed by atoms with Crippen LogP contribution in [0, 0.1) is 0 Å². The first-order valence-electron chi connectivity index (χ1n) is 9.64. The van der Waals surface area contributed by atoms with Crippen molar-refractivity contribution in [1.82, 2.24) is 4.57 Å². The molecule has 1 aliphatic rings. The van der Waals surface area contributed by atoms with E-state index in [4.69, 9.17) is 20.8 Å². The van der Waals surface area contributed by atoms with Crippen molar-refractivity contribution in [3.05, 3.63) is 46.1 Å². The minimum Gasteiger partial charge on any atom is -0.462 e. The van der Waals surface area contributed by atoms with E-state index >= 15 is 0 Å². The van der Waals surface area contributed by atoms with Crippen LogP contribution in [0.2, 0.25) is 5.02 Å². The average Bonchev–Trinajstić information content (AvgIpc) is 3.21. The molecule has 2 aromatic rings. The largest absolute Gasteiger partial charge is 0.462 e. The summed E-state index contributed by atoms with van der Waals surface area (Å²) in [6.07, 6.45) is 5.58. The monoisotopic (exact) mass is 391 g/mol. The standard InChI is InChI=1S/C21H26ClNO4/c1-4-5-7-14-12-17-15(21(25)27-13(2)3)8-6-10-23(17)18(14)19(24)20-16(22)9-11-26-20/h9,11-13,15H,4-8,10H2,1-3H3. The van der Waals surface area contributed by atoms with Crippen molar-refractivity contribution in [2.24, 2.45) is 0 Å². The van der Waals surface area contributed by atoms with Gasteiger partial charge in [-0.1, -0.05) is 24.9 Å². The minimum absolute atomic E-state index is 0.155. The van der Waals surface area contributed by atoms with Crippen LogP contribution in [0.25, 0.3) is 0 Å². The lowest BCUT2D eigenvalue weighted by molar-refractivity contribution is -0.149. The Bertz CT molecular complexity index is 833. The third-order valence-corrected chi connectivity index (χ3v) is 5.21. The summed E-state index contributed by atoms with van der Waals surface area (Å²) in [7, 11) is 0. The van der Waals surface area contributed by atoms with Gasteiger partial charge in [0.25, 0.3) is 0 Å². The Labute approximate surface area is 164 Å². The van der Waals surface area contributed by atoms with Crippen molar-refractivity contribution in [2.45, 2.75) is 71.4 Å². The Kier molecular flexibility index (Phi) is 6.10. The molecular formula is C21H26ClNO4. The molecule has 0 saturated heterocycles. The number of halogens is 1. The van der Waals surface area contributed by atoms with Crippen molar-refractivity contribution in [3.63, 3.8) is 0 Å². The molecule has 27 heavy (non-hydrogen) atoms. The number of ketones is 1. The number of aryl methyl sites for hydroxylation is 1. The molecule has 3 heterocycles. The van der Waals surface area contributed by atoms with E-state index in [2.05, 4.69) is 6.92 Å². The Morgan fingerprint density at radius 2 is 2.19 bits per heavy atom. The van der Waals surface area contributed by atoms with Gasteiger partial charge in [0.15, 0.2) is 5.76 Å². The van der Waals surface area contributed by atoms with Crippen LogP contribution in [0.4, 0.5) is 0 Å². The van der Waals surface area contributed by atoms with Gasteiger partial charge in [-0.15, -0.1) is 0 Å². The van der Waals surface area contributed by atoms with Crippen molar-refractivity contribution >= 4 is 23.4 Å². The molecule has 0 aromatic carbocycles. The van der Waals surface area contributed by atoms with Crippen molar-refractivity contribution in [3.8, 4) is 0 Å². The molecule has 1 aliphatic heterocycles. The predicted octanol–water partition coefficient (Wildman–Crippen LogP) is 5.14. The molecule has 1 unspecified atom stereocenters. The van der Waals surface area contributed by atoms with Gasteiger partial charge in [-0.05, 0) is 57.2 Å². The number of carbonyl (C=O) groups excluding carboxylic acids is 2. The highest BCUT2D eigenvalue weighted by Gasteiger charge is 2.34. The first-order chi connectivity index (χ1) is 12.9. The summed E-state index contributed by atoms with van der Waals surface area (Å²) in [5, 5.41) is 0.309. The number of nitrogens with zero attached hydrogens (tertiary/aromatic N) is 1. The summed E-state index contributed by atoms with van der Waals surface area (Å²) >= 11 is 6.13. The highest BCUT2D eigenvalue weighted by atomic mass is 35.5. The Balaban J connectivity index is 2.05. The summed E-state index contributed by atoms with van der Waals surface area (Å²) in [6.45, 7) is 6.51. The quantitative estimate of drug-likeness (QED) is 0.484. The van der Waals surface area contributed by atoms with Crippen molar-refractivity contribution < 1.29 is 18.7 Å². The molecule has 6 heteroatoms. The first-order valence-corrected chi connectivity index (χ1v) is 10.0. The van der Waals surface area contributed by atoms with Gasteiger partial charge < -0.3 is 13.7 Å². The maximum Gasteiger partial charge on any atom is 0.315 e. The van der Waals surface area contributed by atoms with Gasteiger partial charge in [-0.3, -0.25) is 9.59 Å². The number of furan rings is 1. The molecule has 0 radical (unpaired) electrons. The van der Waals surface area contributed by atoms with Crippen LogP contribution in [0.5, 0.6) is 0 Å². The number of rotatable bonds is 7. The summed E-state index contributed by atoms with van der Waals surface area (Å²) in [5.41, 5.74) is 2.41. The van der Waals surface area contributed by atoms with Crippen LogP contribution < -0.4 is 0 Å². The zero-order valence-corrected chi connectivity index (χ0v) is 16.8. The number of unbranched alkanes of at least 4 members (excludes halogenated alkanes) is 1. The Hall–Kier alpha value is -2.01. The second-order valence-electron chi connectivity index (χ2n) is 7.31. The molecule has 0 spiro atoms. The van der Waals surface area contributed by atoms with Gasteiger partial charge in [0.1, 0.15) is 0 Å². The summed E-state index contributed by atoms with van der Waals surface area (Å²) < 4.78 is 12.8. The molecule has 2 aromatic heterocycles. The molecule has 0 fully saturated rings. The fourth-order valence-electron chi connectivity index (χ4n) is 3.70. The van der Waals surface area contributed by atoms with Crippen LogP contribution in [0.15, 0.2) is 22.8 Å². The predicted molar refractivity (Wildman–Crippen MR) is 103 cm³/mol. The van der Waals surface area contributed by atoms with Gasteiger partial charge in [0.2, 0.25) is 5.78 Å². The van der Waals surface area contributed by atoms with Crippen molar-refractivity contribution in [1.29, 1.82) is 0 Å². The second kappa shape index (κ2) is 8.34. The van der Waals surface area contributed by atoms with Crippen molar-refractivity contribution in [2.75, 3.05) is 0 Å². The van der Waals surface area contributed by atoms with Crippen LogP contribution >= 0.6 is 11.6 Å². The number of aromatic nitrogens is 1. The van der Waals surface area contributed by atoms with E-state index in [0.29, 0.717) is 17.3 Å². The first kappa shape index (κ1) is 19.7. The van der Waals surface area contributed by atoms with E-state index in [1.807, 2.05) is 24.5 Å². The number of hydrogen-bond acceptors (Lipinski definition) is 4. The highest BCUT2D eigenvalue weighted by Crippen LogP contribution is 2.35. The maximum absolute atomic E-state index is 13.2. The fourth-order valence-corrected chi connectivity index (χ4v) is 3.88. The second-order valence-corrected chi connectivity index (χ2v) is 7.71. The van der Waals surface area contributed by atoms with Gasteiger partial charge >= 0.3 is 5.97 Å². The fraction of sp³-hybridized carbons (Fsp3) is 0.524. The third kappa shape index (κ3) is 3.98. The molecule has 146 valence electrons. The van der Waals surface area contributed by atoms with Crippen LogP contribution in [0.3, 0.4) is 0 Å². The lowest BCUT2D eigenvalue weighted by atomic mass is 9.96. The normalized spacial score (nSPS) is 16.4. The van der Waals surface area contributed by atoms with Crippen LogP contribution in [-0.4, -0.2) is 22.4 Å². The molecule has 0 bridgehead atoms. The van der Waals surface area contributed by atoms with Crippen LogP contribution in [-0.2, 0) is 22.5 Å². The van der Waals surface area contributed by atoms with Gasteiger partial charge in [-0.2, -0.15) is 0 Å². The lowest BCUT2D eigenvalue weighted by Gasteiger charge is -2.25. The molecule has 0 amide bonds. The maximum atomic E-state index is 13.2. The minimum atomic E-state index is -0.338. The van der Waals surface area contributed by atoms with E-state index in [9.17, 15) is 9.59 Å². The van der Waals surface area contributed by atoms with Gasteiger partial charge in [0.05, 0.1) is 29.0 Å². The zero-order valence-electron chi connectivity index (χ0n) is 16.1. The number of hydrogen-bond donors (Lipinski definition) is 0. The SMILES string of the molecule is CCCCc1cc2n(c1C(=O)c1occc1Cl)CCCC2C(=O)OC(C)C. The topological polar surface area (TPSA) is 61.4 Å². The highest BCUT2D eigenvalue weighted by molar-refractivity contribution is 6.34. The van der Waals surface area contributed by atoms with E-state index < -0.39 is 0 Å². The Morgan fingerprint density at radius 1 is 1.41 bits per heavy atom. The number of ether oxygens (including phenoxy) is 1. The molecule has 5 nitrogen and oxygen atoms in total. The molecule has 0 N–H and O–H groups in total. The molecule has 1 atom stereocenters. The molecule has 0 saturated carbocycles. The molecule has 0 aliphatic carbocycles. The zero-order chi connectivity index (χ0) is 19.6. The Morgan fingerprint density at radius 3 is 2.81 bits per heavy atom. The lowest BCUT2D eigenvalue weighted by Crippen LogP contribution is -2.27.